The third-order valence-electron chi connectivity index (χ3n) is 2.71. The Balaban J connectivity index is 4.24. The summed E-state index contributed by atoms with van der Waals surface area (Å²) >= 11 is 0. The second kappa shape index (κ2) is 8.91. The van der Waals surface area contributed by atoms with Crippen molar-refractivity contribution in [1.29, 1.82) is 0 Å². The SMILES string of the molecule is CCCN(CCN(C)C)C(=O)CC(C)CC(=O)O. The summed E-state index contributed by atoms with van der Waals surface area (Å²) in [6, 6.07) is 0. The molecule has 0 bridgehead atoms. The fourth-order valence-corrected chi connectivity index (χ4v) is 1.75. The summed E-state index contributed by atoms with van der Waals surface area (Å²) in [4.78, 5) is 26.5. The first-order valence-corrected chi connectivity index (χ1v) is 6.51. The lowest BCUT2D eigenvalue weighted by Crippen LogP contribution is -2.38. The lowest BCUT2D eigenvalue weighted by Gasteiger charge is -2.25. The fraction of sp³-hybridized carbons (Fsp3) is 0.846. The molecule has 1 N–H and O–H groups in total. The zero-order valence-electron chi connectivity index (χ0n) is 12.0. The van der Waals surface area contributed by atoms with E-state index in [2.05, 4.69) is 0 Å². The van der Waals surface area contributed by atoms with Crippen molar-refractivity contribution in [2.75, 3.05) is 33.7 Å². The van der Waals surface area contributed by atoms with Crippen LogP contribution in [0, 0.1) is 5.92 Å². The summed E-state index contributed by atoms with van der Waals surface area (Å²) in [5.41, 5.74) is 0. The van der Waals surface area contributed by atoms with E-state index >= 15 is 0 Å². The topological polar surface area (TPSA) is 60.9 Å². The van der Waals surface area contributed by atoms with Gasteiger partial charge in [0.15, 0.2) is 0 Å². The summed E-state index contributed by atoms with van der Waals surface area (Å²) < 4.78 is 0. The first-order chi connectivity index (χ1) is 8.36. The first kappa shape index (κ1) is 16.9. The van der Waals surface area contributed by atoms with Gasteiger partial charge in [0.1, 0.15) is 0 Å². The first-order valence-electron chi connectivity index (χ1n) is 6.51. The molecule has 18 heavy (non-hydrogen) atoms. The van der Waals surface area contributed by atoms with Crippen LogP contribution in [0.25, 0.3) is 0 Å². The van der Waals surface area contributed by atoms with E-state index in [4.69, 9.17) is 5.11 Å². The van der Waals surface area contributed by atoms with Gasteiger partial charge >= 0.3 is 5.97 Å². The van der Waals surface area contributed by atoms with Gasteiger partial charge in [0, 0.05) is 32.5 Å². The Morgan fingerprint density at radius 3 is 2.17 bits per heavy atom. The fourth-order valence-electron chi connectivity index (χ4n) is 1.75. The second-order valence-corrected chi connectivity index (χ2v) is 5.09. The third kappa shape index (κ3) is 8.06. The van der Waals surface area contributed by atoms with E-state index in [0.29, 0.717) is 13.0 Å². The molecule has 1 unspecified atom stereocenters. The average Bonchev–Trinajstić information content (AvgIpc) is 2.22. The minimum absolute atomic E-state index is 0.0549. The largest absolute Gasteiger partial charge is 0.481 e. The molecule has 5 nitrogen and oxygen atoms in total. The van der Waals surface area contributed by atoms with Gasteiger partial charge in [0.2, 0.25) is 5.91 Å². The van der Waals surface area contributed by atoms with Crippen molar-refractivity contribution >= 4 is 11.9 Å². The van der Waals surface area contributed by atoms with Gasteiger partial charge in [0.05, 0.1) is 0 Å². The molecule has 0 radical (unpaired) electrons. The van der Waals surface area contributed by atoms with Crippen LogP contribution in [-0.4, -0.2) is 60.5 Å². The van der Waals surface area contributed by atoms with Crippen LogP contribution in [0.1, 0.15) is 33.1 Å². The van der Waals surface area contributed by atoms with Crippen LogP contribution in [0.3, 0.4) is 0 Å². The molecule has 0 fully saturated rings. The Bertz CT molecular complexity index is 267. The Morgan fingerprint density at radius 2 is 1.72 bits per heavy atom. The number of hydrogen-bond acceptors (Lipinski definition) is 3. The lowest BCUT2D eigenvalue weighted by molar-refractivity contribution is -0.138. The van der Waals surface area contributed by atoms with E-state index in [1.807, 2.05) is 37.7 Å². The highest BCUT2D eigenvalue weighted by Gasteiger charge is 2.17. The molecule has 0 aromatic rings. The highest BCUT2D eigenvalue weighted by atomic mass is 16.4. The molecule has 0 aromatic heterocycles. The van der Waals surface area contributed by atoms with E-state index in [1.54, 1.807) is 0 Å². The Morgan fingerprint density at radius 1 is 1.11 bits per heavy atom. The number of hydrogen-bond donors (Lipinski definition) is 1. The number of amides is 1. The minimum atomic E-state index is -0.842. The molecule has 0 spiro atoms. The predicted molar refractivity (Wildman–Crippen MR) is 71.5 cm³/mol. The lowest BCUT2D eigenvalue weighted by atomic mass is 10.0. The monoisotopic (exact) mass is 258 g/mol. The van der Waals surface area contributed by atoms with Crippen LogP contribution in [0.5, 0.6) is 0 Å². The molecular weight excluding hydrogens is 232 g/mol. The highest BCUT2D eigenvalue weighted by molar-refractivity contribution is 5.77. The van der Waals surface area contributed by atoms with Gasteiger partial charge in [-0.3, -0.25) is 9.59 Å². The number of likely N-dealkylation sites (N-methyl/N-ethyl adjacent to an activating group) is 1. The smallest absolute Gasteiger partial charge is 0.303 e. The summed E-state index contributed by atoms with van der Waals surface area (Å²) in [6.07, 6.45) is 1.30. The molecule has 0 aliphatic heterocycles. The van der Waals surface area contributed by atoms with E-state index < -0.39 is 5.97 Å². The van der Waals surface area contributed by atoms with E-state index in [1.165, 1.54) is 0 Å². The van der Waals surface area contributed by atoms with Gasteiger partial charge in [-0.05, 0) is 26.4 Å². The average molecular weight is 258 g/mol. The Kier molecular flexibility index (Phi) is 8.37. The Labute approximate surface area is 110 Å². The van der Waals surface area contributed by atoms with Crippen molar-refractivity contribution in [3.8, 4) is 0 Å². The van der Waals surface area contributed by atoms with Crippen molar-refractivity contribution < 1.29 is 14.7 Å². The standard InChI is InChI=1S/C13H26N2O3/c1-5-6-15(8-7-14(3)4)12(16)9-11(2)10-13(17)18/h11H,5-10H2,1-4H3,(H,17,18). The quantitative estimate of drug-likeness (QED) is 0.677. The maximum absolute atomic E-state index is 12.1. The number of carboxylic acid groups (broad SMARTS) is 1. The zero-order valence-corrected chi connectivity index (χ0v) is 12.0. The third-order valence-corrected chi connectivity index (χ3v) is 2.71. The van der Waals surface area contributed by atoms with Gasteiger partial charge in [-0.15, -0.1) is 0 Å². The van der Waals surface area contributed by atoms with Gasteiger partial charge < -0.3 is 14.9 Å². The molecule has 0 saturated heterocycles. The molecule has 1 amide bonds. The van der Waals surface area contributed by atoms with Crippen molar-refractivity contribution in [1.82, 2.24) is 9.80 Å². The number of aliphatic carboxylic acids is 1. The van der Waals surface area contributed by atoms with Crippen LogP contribution in [0.2, 0.25) is 0 Å². The van der Waals surface area contributed by atoms with Crippen LogP contribution in [0.15, 0.2) is 0 Å². The number of carboxylic acids is 1. The van der Waals surface area contributed by atoms with Crippen molar-refractivity contribution in [3.63, 3.8) is 0 Å². The molecule has 0 aromatic carbocycles. The second-order valence-electron chi connectivity index (χ2n) is 5.09. The van der Waals surface area contributed by atoms with E-state index in [-0.39, 0.29) is 18.2 Å². The van der Waals surface area contributed by atoms with E-state index in [9.17, 15) is 9.59 Å². The van der Waals surface area contributed by atoms with Gasteiger partial charge in [-0.1, -0.05) is 13.8 Å². The molecule has 0 rings (SSSR count). The number of rotatable bonds is 9. The van der Waals surface area contributed by atoms with E-state index in [0.717, 1.165) is 19.5 Å². The summed E-state index contributed by atoms with van der Waals surface area (Å²) in [5, 5.41) is 8.68. The molecule has 5 heteroatoms. The molecule has 0 saturated carbocycles. The van der Waals surface area contributed by atoms with Gasteiger partial charge in [-0.2, -0.15) is 0 Å². The van der Waals surface area contributed by atoms with Crippen molar-refractivity contribution in [2.45, 2.75) is 33.1 Å². The molecule has 106 valence electrons. The molecule has 0 heterocycles. The highest BCUT2D eigenvalue weighted by Crippen LogP contribution is 2.10. The minimum Gasteiger partial charge on any atom is -0.481 e. The maximum Gasteiger partial charge on any atom is 0.303 e. The zero-order chi connectivity index (χ0) is 14.1. The van der Waals surface area contributed by atoms with Crippen LogP contribution < -0.4 is 0 Å². The number of carbonyl (C=O) groups excluding carboxylic acids is 1. The molecule has 0 aliphatic carbocycles. The summed E-state index contributed by atoms with van der Waals surface area (Å²) in [5.74, 6) is -0.883. The molecule has 1 atom stereocenters. The van der Waals surface area contributed by atoms with Crippen molar-refractivity contribution in [2.24, 2.45) is 5.92 Å². The molecule has 0 aliphatic rings. The normalized spacial score (nSPS) is 12.5. The van der Waals surface area contributed by atoms with Crippen LogP contribution in [0.4, 0.5) is 0 Å². The Hall–Kier alpha value is -1.10. The van der Waals surface area contributed by atoms with Gasteiger partial charge in [0.25, 0.3) is 0 Å². The van der Waals surface area contributed by atoms with Gasteiger partial charge in [-0.25, -0.2) is 0 Å². The number of nitrogens with zero attached hydrogens (tertiary/aromatic N) is 2. The molecular formula is C13H26N2O3. The van der Waals surface area contributed by atoms with Crippen LogP contribution >= 0.6 is 0 Å². The maximum atomic E-state index is 12.1. The number of carbonyl (C=O) groups is 2. The summed E-state index contributed by atoms with van der Waals surface area (Å²) in [6.45, 7) is 6.13. The van der Waals surface area contributed by atoms with Crippen LogP contribution in [-0.2, 0) is 9.59 Å². The predicted octanol–water partition coefficient (Wildman–Crippen LogP) is 1.29. The summed E-state index contributed by atoms with van der Waals surface area (Å²) in [7, 11) is 3.95. The van der Waals surface area contributed by atoms with Crippen molar-refractivity contribution in [3.05, 3.63) is 0 Å².